The topological polar surface area (TPSA) is 32.7 Å². The van der Waals surface area contributed by atoms with Crippen molar-refractivity contribution in [3.8, 4) is 0 Å². The third-order valence-electron chi connectivity index (χ3n) is 2.98. The van der Waals surface area contributed by atoms with Gasteiger partial charge in [0.25, 0.3) is 0 Å². The molecule has 0 aliphatic carbocycles. The molecule has 1 aliphatic heterocycles. The van der Waals surface area contributed by atoms with Crippen LogP contribution in [0.1, 0.15) is 19.4 Å². The highest BCUT2D eigenvalue weighted by Gasteiger charge is 2.25. The molecule has 4 heteroatoms. The number of aliphatic hydroxyl groups is 1. The number of para-hydroxylation sites is 1. The van der Waals surface area contributed by atoms with Crippen molar-refractivity contribution in [2.75, 3.05) is 18.0 Å². The monoisotopic (exact) mass is 255 g/mol. The van der Waals surface area contributed by atoms with E-state index in [2.05, 4.69) is 18.7 Å². The summed E-state index contributed by atoms with van der Waals surface area (Å²) in [4.78, 5) is 2.20. The first-order valence-corrected chi connectivity index (χ1v) is 6.28. The van der Waals surface area contributed by atoms with Crippen LogP contribution in [0.5, 0.6) is 0 Å². The number of hydrogen-bond acceptors (Lipinski definition) is 3. The second-order valence-electron chi connectivity index (χ2n) is 4.57. The average molecular weight is 256 g/mol. The molecule has 1 aliphatic rings. The lowest BCUT2D eigenvalue weighted by Gasteiger charge is -2.38. The molecule has 1 N–H and O–H groups in total. The van der Waals surface area contributed by atoms with Crippen LogP contribution in [0, 0.1) is 0 Å². The summed E-state index contributed by atoms with van der Waals surface area (Å²) in [7, 11) is 0. The van der Waals surface area contributed by atoms with Crippen LogP contribution >= 0.6 is 11.6 Å². The van der Waals surface area contributed by atoms with Gasteiger partial charge in [-0.2, -0.15) is 0 Å². The summed E-state index contributed by atoms with van der Waals surface area (Å²) in [5.74, 6) is 0. The number of benzene rings is 1. The van der Waals surface area contributed by atoms with Crippen LogP contribution in [0.4, 0.5) is 5.69 Å². The number of halogens is 1. The maximum Gasteiger partial charge on any atom is 0.0726 e. The Bertz CT molecular complexity index is 387. The lowest BCUT2D eigenvalue weighted by atomic mass is 10.1. The fraction of sp³-hybridized carbons (Fsp3) is 0.538. The number of aliphatic hydroxyl groups excluding tert-OH is 1. The van der Waals surface area contributed by atoms with Gasteiger partial charge in [0.2, 0.25) is 0 Å². The Balaban J connectivity index is 2.32. The van der Waals surface area contributed by atoms with Crippen LogP contribution in [-0.2, 0) is 11.3 Å². The third-order valence-corrected chi connectivity index (χ3v) is 3.28. The van der Waals surface area contributed by atoms with E-state index in [1.54, 1.807) is 0 Å². The molecule has 1 saturated heterocycles. The van der Waals surface area contributed by atoms with Crippen molar-refractivity contribution in [1.82, 2.24) is 0 Å². The molecule has 0 amide bonds. The van der Waals surface area contributed by atoms with Crippen LogP contribution in [0.15, 0.2) is 18.2 Å². The predicted octanol–water partition coefficient (Wildman–Crippen LogP) is 2.45. The largest absolute Gasteiger partial charge is 0.392 e. The first-order valence-electron chi connectivity index (χ1n) is 5.90. The van der Waals surface area contributed by atoms with Crippen molar-refractivity contribution in [2.24, 2.45) is 0 Å². The van der Waals surface area contributed by atoms with Gasteiger partial charge in [-0.05, 0) is 19.9 Å². The number of rotatable bonds is 2. The zero-order chi connectivity index (χ0) is 12.4. The molecule has 0 spiro atoms. The lowest BCUT2D eigenvalue weighted by Crippen LogP contribution is -2.46. The fourth-order valence-electron chi connectivity index (χ4n) is 2.40. The quantitative estimate of drug-likeness (QED) is 0.881. The first kappa shape index (κ1) is 12.7. The molecule has 2 atom stereocenters. The molecule has 1 fully saturated rings. The Kier molecular flexibility index (Phi) is 3.92. The number of ether oxygens (including phenoxy) is 1. The molecule has 0 unspecified atom stereocenters. The van der Waals surface area contributed by atoms with Gasteiger partial charge in [-0.3, -0.25) is 0 Å². The zero-order valence-electron chi connectivity index (χ0n) is 10.2. The van der Waals surface area contributed by atoms with Crippen molar-refractivity contribution in [3.05, 3.63) is 28.8 Å². The zero-order valence-corrected chi connectivity index (χ0v) is 10.9. The van der Waals surface area contributed by atoms with E-state index < -0.39 is 0 Å². The average Bonchev–Trinajstić information content (AvgIpc) is 2.27. The fourth-order valence-corrected chi connectivity index (χ4v) is 2.72. The molecule has 2 rings (SSSR count). The number of hydrogen-bond donors (Lipinski definition) is 1. The maximum atomic E-state index is 9.39. The van der Waals surface area contributed by atoms with E-state index in [0.29, 0.717) is 5.02 Å². The molecule has 0 aromatic heterocycles. The van der Waals surface area contributed by atoms with Crippen molar-refractivity contribution < 1.29 is 9.84 Å². The summed E-state index contributed by atoms with van der Waals surface area (Å²) in [5.41, 5.74) is 1.82. The van der Waals surface area contributed by atoms with E-state index in [4.69, 9.17) is 16.3 Å². The number of morpholine rings is 1. The molecule has 17 heavy (non-hydrogen) atoms. The summed E-state index contributed by atoms with van der Waals surface area (Å²) in [6, 6.07) is 5.64. The lowest BCUT2D eigenvalue weighted by molar-refractivity contribution is -0.00531. The third kappa shape index (κ3) is 2.73. The van der Waals surface area contributed by atoms with E-state index in [1.807, 2.05) is 18.2 Å². The molecule has 1 aromatic carbocycles. The minimum absolute atomic E-state index is 0.00993. The van der Waals surface area contributed by atoms with Crippen LogP contribution in [0.2, 0.25) is 5.02 Å². The van der Waals surface area contributed by atoms with Crippen LogP contribution < -0.4 is 4.90 Å². The predicted molar refractivity (Wildman–Crippen MR) is 69.6 cm³/mol. The molecule has 94 valence electrons. The normalized spacial score (nSPS) is 25.1. The highest BCUT2D eigenvalue weighted by Crippen LogP contribution is 2.32. The second-order valence-corrected chi connectivity index (χ2v) is 4.98. The Hall–Kier alpha value is -0.770. The smallest absolute Gasteiger partial charge is 0.0726 e. The van der Waals surface area contributed by atoms with Gasteiger partial charge in [0.05, 0.1) is 29.5 Å². The van der Waals surface area contributed by atoms with Crippen LogP contribution in [0.3, 0.4) is 0 Å². The van der Waals surface area contributed by atoms with E-state index in [1.165, 1.54) is 0 Å². The molecule has 3 nitrogen and oxygen atoms in total. The van der Waals surface area contributed by atoms with Gasteiger partial charge in [-0.15, -0.1) is 0 Å². The standard InChI is InChI=1S/C13H18ClNO2/c1-9-6-15(7-10(2)17-9)13-11(8-16)4-3-5-12(13)14/h3-5,9-10,16H,6-8H2,1-2H3/t9-,10+. The number of anilines is 1. The van der Waals surface area contributed by atoms with E-state index in [9.17, 15) is 5.11 Å². The van der Waals surface area contributed by atoms with E-state index in [-0.39, 0.29) is 18.8 Å². The Labute approximate surface area is 107 Å². The highest BCUT2D eigenvalue weighted by atomic mass is 35.5. The van der Waals surface area contributed by atoms with Gasteiger partial charge in [0.15, 0.2) is 0 Å². The molecule has 0 saturated carbocycles. The van der Waals surface area contributed by atoms with Gasteiger partial charge >= 0.3 is 0 Å². The van der Waals surface area contributed by atoms with E-state index >= 15 is 0 Å². The Morgan fingerprint density at radius 2 is 2.00 bits per heavy atom. The summed E-state index contributed by atoms with van der Waals surface area (Å²) in [6.07, 6.45) is 0.364. The summed E-state index contributed by atoms with van der Waals surface area (Å²) in [5, 5.41) is 10.1. The van der Waals surface area contributed by atoms with Gasteiger partial charge in [-0.1, -0.05) is 23.7 Å². The van der Waals surface area contributed by atoms with Crippen LogP contribution in [-0.4, -0.2) is 30.4 Å². The maximum absolute atomic E-state index is 9.39. The summed E-state index contributed by atoms with van der Waals surface area (Å²) >= 11 is 6.24. The van der Waals surface area contributed by atoms with Gasteiger partial charge in [-0.25, -0.2) is 0 Å². The van der Waals surface area contributed by atoms with Gasteiger partial charge < -0.3 is 14.7 Å². The van der Waals surface area contributed by atoms with Crippen LogP contribution in [0.25, 0.3) is 0 Å². The summed E-state index contributed by atoms with van der Waals surface area (Å²) in [6.45, 7) is 5.73. The number of nitrogens with zero attached hydrogens (tertiary/aromatic N) is 1. The Morgan fingerprint density at radius 3 is 2.59 bits per heavy atom. The molecule has 1 aromatic rings. The molecule has 1 heterocycles. The molecule has 0 radical (unpaired) electrons. The van der Waals surface area contributed by atoms with E-state index in [0.717, 1.165) is 24.3 Å². The summed E-state index contributed by atoms with van der Waals surface area (Å²) < 4.78 is 5.70. The molecular weight excluding hydrogens is 238 g/mol. The Morgan fingerprint density at radius 1 is 1.35 bits per heavy atom. The highest BCUT2D eigenvalue weighted by molar-refractivity contribution is 6.33. The van der Waals surface area contributed by atoms with Crippen molar-refractivity contribution in [3.63, 3.8) is 0 Å². The first-order chi connectivity index (χ1) is 8.11. The SMILES string of the molecule is C[C@@H]1CN(c2c(Cl)cccc2CO)C[C@H](C)O1. The van der Waals surface area contributed by atoms with Crippen molar-refractivity contribution in [1.29, 1.82) is 0 Å². The molecular formula is C13H18ClNO2. The minimum Gasteiger partial charge on any atom is -0.392 e. The second kappa shape index (κ2) is 5.25. The van der Waals surface area contributed by atoms with Gasteiger partial charge in [0, 0.05) is 18.7 Å². The minimum atomic E-state index is 0.00993. The van der Waals surface area contributed by atoms with Crippen molar-refractivity contribution in [2.45, 2.75) is 32.7 Å². The molecule has 0 bridgehead atoms. The van der Waals surface area contributed by atoms with Crippen molar-refractivity contribution >= 4 is 17.3 Å². The van der Waals surface area contributed by atoms with Gasteiger partial charge in [0.1, 0.15) is 0 Å².